The van der Waals surface area contributed by atoms with Crippen LogP contribution < -0.4 is 10.1 Å². The topological polar surface area (TPSA) is 58.6 Å². The van der Waals surface area contributed by atoms with E-state index in [1.165, 1.54) is 0 Å². The van der Waals surface area contributed by atoms with Crippen LogP contribution >= 0.6 is 11.6 Å². The van der Waals surface area contributed by atoms with E-state index in [1.54, 1.807) is 24.1 Å². The maximum atomic E-state index is 13.5. The Hall–Kier alpha value is -3.31. The maximum absolute atomic E-state index is 13.5. The number of carbonyl (C=O) groups is 2. The second-order valence-corrected chi connectivity index (χ2v) is 8.56. The summed E-state index contributed by atoms with van der Waals surface area (Å²) >= 11 is 6.04. The van der Waals surface area contributed by atoms with Gasteiger partial charge in [-0.25, -0.2) is 0 Å². The van der Waals surface area contributed by atoms with Crippen molar-refractivity contribution in [1.82, 2.24) is 10.2 Å². The highest BCUT2D eigenvalue weighted by atomic mass is 35.5. The van der Waals surface area contributed by atoms with Gasteiger partial charge in [-0.1, -0.05) is 80.0 Å². The summed E-state index contributed by atoms with van der Waals surface area (Å²) in [6, 6.07) is 23.5. The first-order valence-electron chi connectivity index (χ1n) is 10.9. The lowest BCUT2D eigenvalue weighted by Gasteiger charge is -2.33. The molecule has 0 aromatic heterocycles. The molecule has 172 valence electrons. The third kappa shape index (κ3) is 6.59. The first-order chi connectivity index (χ1) is 15.9. The van der Waals surface area contributed by atoms with Gasteiger partial charge in [-0.15, -0.1) is 0 Å². The molecule has 0 saturated heterocycles. The number of benzene rings is 3. The quantitative estimate of drug-likeness (QED) is 0.461. The number of amides is 2. The Morgan fingerprint density at radius 3 is 2.09 bits per heavy atom. The maximum Gasteiger partial charge on any atom is 0.247 e. The van der Waals surface area contributed by atoms with E-state index in [4.69, 9.17) is 16.3 Å². The van der Waals surface area contributed by atoms with Crippen molar-refractivity contribution in [2.75, 3.05) is 7.11 Å². The van der Waals surface area contributed by atoms with Crippen LogP contribution in [0.25, 0.3) is 0 Å². The SMILES string of the molecule is COc1ccc(CNC(=O)[C@@H](c2ccccc2)N(Cc2ccc(Cl)cc2)C(=O)C(C)C)cc1. The minimum Gasteiger partial charge on any atom is -0.497 e. The Bertz CT molecular complexity index is 1050. The van der Waals surface area contributed by atoms with Crippen LogP contribution in [0.1, 0.15) is 36.6 Å². The van der Waals surface area contributed by atoms with Crippen molar-refractivity contribution in [3.05, 3.63) is 101 Å². The van der Waals surface area contributed by atoms with Gasteiger partial charge in [-0.3, -0.25) is 9.59 Å². The smallest absolute Gasteiger partial charge is 0.247 e. The van der Waals surface area contributed by atoms with Crippen molar-refractivity contribution in [2.24, 2.45) is 5.92 Å². The van der Waals surface area contributed by atoms with Gasteiger partial charge in [0.1, 0.15) is 11.8 Å². The monoisotopic (exact) mass is 464 g/mol. The lowest BCUT2D eigenvalue weighted by Crippen LogP contribution is -2.44. The predicted octanol–water partition coefficient (Wildman–Crippen LogP) is 5.39. The molecule has 0 heterocycles. The van der Waals surface area contributed by atoms with Crippen molar-refractivity contribution in [3.63, 3.8) is 0 Å². The molecule has 1 N–H and O–H groups in total. The Balaban J connectivity index is 1.90. The summed E-state index contributed by atoms with van der Waals surface area (Å²) in [4.78, 5) is 28.4. The molecular weight excluding hydrogens is 436 g/mol. The largest absolute Gasteiger partial charge is 0.497 e. The molecule has 3 rings (SSSR count). The Labute approximate surface area is 200 Å². The summed E-state index contributed by atoms with van der Waals surface area (Å²) in [5.41, 5.74) is 2.60. The molecule has 0 fully saturated rings. The zero-order chi connectivity index (χ0) is 23.8. The number of hydrogen-bond donors (Lipinski definition) is 1. The van der Waals surface area contributed by atoms with Crippen LogP contribution in [0.3, 0.4) is 0 Å². The number of nitrogens with one attached hydrogen (secondary N) is 1. The molecule has 5 nitrogen and oxygen atoms in total. The summed E-state index contributed by atoms with van der Waals surface area (Å²) in [7, 11) is 1.61. The predicted molar refractivity (Wildman–Crippen MR) is 131 cm³/mol. The van der Waals surface area contributed by atoms with Gasteiger partial charge < -0.3 is 15.0 Å². The van der Waals surface area contributed by atoms with E-state index < -0.39 is 6.04 Å². The molecule has 0 aliphatic carbocycles. The van der Waals surface area contributed by atoms with Crippen molar-refractivity contribution >= 4 is 23.4 Å². The van der Waals surface area contributed by atoms with Gasteiger partial charge in [0.2, 0.25) is 11.8 Å². The number of halogens is 1. The third-order valence-electron chi connectivity index (χ3n) is 5.34. The number of ether oxygens (including phenoxy) is 1. The summed E-state index contributed by atoms with van der Waals surface area (Å²) in [6.45, 7) is 4.32. The number of carbonyl (C=O) groups excluding carboxylic acids is 2. The average Bonchev–Trinajstić information content (AvgIpc) is 2.84. The van der Waals surface area contributed by atoms with E-state index in [0.29, 0.717) is 18.1 Å². The first kappa shape index (κ1) is 24.3. The van der Waals surface area contributed by atoms with Gasteiger partial charge in [-0.2, -0.15) is 0 Å². The summed E-state index contributed by atoms with van der Waals surface area (Å²) in [6.07, 6.45) is 0. The molecule has 0 aliphatic heterocycles. The first-order valence-corrected chi connectivity index (χ1v) is 11.3. The average molecular weight is 465 g/mol. The van der Waals surface area contributed by atoms with E-state index in [-0.39, 0.29) is 17.7 Å². The minimum absolute atomic E-state index is 0.0987. The number of methoxy groups -OCH3 is 1. The van der Waals surface area contributed by atoms with Gasteiger partial charge in [0.05, 0.1) is 7.11 Å². The Morgan fingerprint density at radius 1 is 0.909 bits per heavy atom. The second-order valence-electron chi connectivity index (χ2n) is 8.13. The van der Waals surface area contributed by atoms with Crippen LogP contribution in [0.2, 0.25) is 5.02 Å². The van der Waals surface area contributed by atoms with Crippen LogP contribution in [0.5, 0.6) is 5.75 Å². The normalized spacial score (nSPS) is 11.7. The fourth-order valence-corrected chi connectivity index (χ4v) is 3.68. The van der Waals surface area contributed by atoms with Crippen molar-refractivity contribution in [3.8, 4) is 5.75 Å². The molecule has 3 aromatic carbocycles. The molecule has 1 atom stereocenters. The molecule has 0 unspecified atom stereocenters. The molecule has 33 heavy (non-hydrogen) atoms. The lowest BCUT2D eigenvalue weighted by molar-refractivity contribution is -0.144. The van der Waals surface area contributed by atoms with Crippen LogP contribution in [0.4, 0.5) is 0 Å². The van der Waals surface area contributed by atoms with E-state index in [0.717, 1.165) is 22.4 Å². The van der Waals surface area contributed by atoms with Gasteiger partial charge in [0.25, 0.3) is 0 Å². The molecule has 0 bridgehead atoms. The van der Waals surface area contributed by atoms with Crippen molar-refractivity contribution in [1.29, 1.82) is 0 Å². The van der Waals surface area contributed by atoms with Gasteiger partial charge in [0.15, 0.2) is 0 Å². The molecule has 0 spiro atoms. The van der Waals surface area contributed by atoms with Gasteiger partial charge >= 0.3 is 0 Å². The summed E-state index contributed by atoms with van der Waals surface area (Å²) < 4.78 is 5.20. The fraction of sp³-hybridized carbons (Fsp3) is 0.259. The van der Waals surface area contributed by atoms with Crippen LogP contribution in [-0.4, -0.2) is 23.8 Å². The molecule has 0 aliphatic rings. The third-order valence-corrected chi connectivity index (χ3v) is 5.60. The van der Waals surface area contributed by atoms with Crippen LogP contribution in [0, 0.1) is 5.92 Å². The van der Waals surface area contributed by atoms with Crippen molar-refractivity contribution < 1.29 is 14.3 Å². The molecular formula is C27H29ClN2O3. The molecule has 3 aromatic rings. The Morgan fingerprint density at radius 2 is 1.52 bits per heavy atom. The number of hydrogen-bond acceptors (Lipinski definition) is 3. The number of rotatable bonds is 9. The number of nitrogens with zero attached hydrogens (tertiary/aromatic N) is 1. The second kappa shape index (κ2) is 11.5. The van der Waals surface area contributed by atoms with Gasteiger partial charge in [0, 0.05) is 24.0 Å². The van der Waals surface area contributed by atoms with E-state index in [9.17, 15) is 9.59 Å². The standard InChI is InChI=1S/C27H29ClN2O3/c1-19(2)27(32)30(18-21-9-13-23(28)14-10-21)25(22-7-5-4-6-8-22)26(31)29-17-20-11-15-24(33-3)16-12-20/h4-16,19,25H,17-18H2,1-3H3,(H,29,31)/t25-/m1/s1. The zero-order valence-electron chi connectivity index (χ0n) is 19.1. The highest BCUT2D eigenvalue weighted by molar-refractivity contribution is 6.30. The highest BCUT2D eigenvalue weighted by Crippen LogP contribution is 2.26. The van der Waals surface area contributed by atoms with E-state index in [1.807, 2.05) is 80.6 Å². The lowest BCUT2D eigenvalue weighted by atomic mass is 10.0. The molecule has 2 amide bonds. The fourth-order valence-electron chi connectivity index (χ4n) is 3.55. The van der Waals surface area contributed by atoms with Crippen LogP contribution in [0.15, 0.2) is 78.9 Å². The summed E-state index contributed by atoms with van der Waals surface area (Å²) in [5.74, 6) is 0.153. The minimum atomic E-state index is -0.768. The van der Waals surface area contributed by atoms with E-state index >= 15 is 0 Å². The van der Waals surface area contributed by atoms with E-state index in [2.05, 4.69) is 5.32 Å². The molecule has 0 saturated carbocycles. The van der Waals surface area contributed by atoms with Crippen LogP contribution in [-0.2, 0) is 22.7 Å². The summed E-state index contributed by atoms with van der Waals surface area (Å²) in [5, 5.41) is 3.63. The zero-order valence-corrected chi connectivity index (χ0v) is 19.9. The molecule has 0 radical (unpaired) electrons. The van der Waals surface area contributed by atoms with Gasteiger partial charge in [-0.05, 0) is 41.0 Å². The highest BCUT2D eigenvalue weighted by Gasteiger charge is 2.32. The van der Waals surface area contributed by atoms with Crippen molar-refractivity contribution in [2.45, 2.75) is 33.0 Å². The molecule has 6 heteroatoms. The Kier molecular flexibility index (Phi) is 8.50.